The standard InChI is InChI=1S/C42H27IN2O/c43-26-11-14-29(28-12-3-1-4-13-28)25-27-44-35-19-9-7-17-33(35)39-37(44)23-21-31-32-22-24-38-40(42(32)46-41(31)39)34-18-8-10-20-36(34)45(38)30-15-5-2-6-16-30/h1-27H/b26-11-,27-25+,29-14+. The molecule has 0 aliphatic carbocycles. The number of aromatic nitrogens is 2. The number of nitrogens with zero attached hydrogens (tertiary/aromatic N) is 2. The van der Waals surface area contributed by atoms with E-state index >= 15 is 0 Å². The third-order valence-corrected chi connectivity index (χ3v) is 9.40. The van der Waals surface area contributed by atoms with E-state index in [1.165, 1.54) is 21.9 Å². The van der Waals surface area contributed by atoms with Crippen LogP contribution in [-0.4, -0.2) is 9.13 Å². The summed E-state index contributed by atoms with van der Waals surface area (Å²) in [6, 6.07) is 47.3. The van der Waals surface area contributed by atoms with Crippen LogP contribution in [0.5, 0.6) is 0 Å². The van der Waals surface area contributed by atoms with Crippen molar-refractivity contribution in [1.29, 1.82) is 0 Å². The molecule has 3 nitrogen and oxygen atoms in total. The van der Waals surface area contributed by atoms with Crippen molar-refractivity contribution >= 4 is 99.9 Å². The summed E-state index contributed by atoms with van der Waals surface area (Å²) in [5.74, 6) is 0. The highest BCUT2D eigenvalue weighted by Gasteiger charge is 2.21. The van der Waals surface area contributed by atoms with E-state index in [1.54, 1.807) is 0 Å². The van der Waals surface area contributed by atoms with Crippen molar-refractivity contribution in [2.75, 3.05) is 0 Å². The van der Waals surface area contributed by atoms with Crippen LogP contribution in [0.25, 0.3) is 83.0 Å². The fourth-order valence-electron chi connectivity index (χ4n) is 7.01. The monoisotopic (exact) mass is 702 g/mol. The zero-order valence-corrected chi connectivity index (χ0v) is 26.9. The molecule has 3 heterocycles. The van der Waals surface area contributed by atoms with E-state index in [4.69, 9.17) is 4.42 Å². The highest BCUT2D eigenvalue weighted by molar-refractivity contribution is 14.1. The summed E-state index contributed by atoms with van der Waals surface area (Å²) in [5, 5.41) is 6.90. The number of hydrogen-bond donors (Lipinski definition) is 0. The molecule has 218 valence electrons. The van der Waals surface area contributed by atoms with Crippen LogP contribution in [0.15, 0.2) is 160 Å². The normalized spacial score (nSPS) is 12.8. The van der Waals surface area contributed by atoms with Crippen LogP contribution in [0.2, 0.25) is 0 Å². The van der Waals surface area contributed by atoms with E-state index in [0.29, 0.717) is 0 Å². The van der Waals surface area contributed by atoms with E-state index in [1.807, 2.05) is 4.08 Å². The number of furan rings is 1. The molecule has 3 aromatic heterocycles. The van der Waals surface area contributed by atoms with Crippen LogP contribution in [-0.2, 0) is 0 Å². The summed E-state index contributed by atoms with van der Waals surface area (Å²) < 4.78 is 13.7. The lowest BCUT2D eigenvalue weighted by molar-refractivity contribution is 0.677. The summed E-state index contributed by atoms with van der Waals surface area (Å²) in [7, 11) is 0. The van der Waals surface area contributed by atoms with Gasteiger partial charge in [0.25, 0.3) is 0 Å². The Morgan fingerprint density at radius 1 is 0.543 bits per heavy atom. The first-order valence-electron chi connectivity index (χ1n) is 15.4. The van der Waals surface area contributed by atoms with Gasteiger partial charge in [0.1, 0.15) is 11.2 Å². The number of para-hydroxylation sites is 3. The van der Waals surface area contributed by atoms with Crippen LogP contribution in [0.1, 0.15) is 5.56 Å². The molecule has 0 fully saturated rings. The quantitative estimate of drug-likeness (QED) is 0.129. The number of fused-ring (bicyclic) bond motifs is 11. The van der Waals surface area contributed by atoms with Crippen molar-refractivity contribution in [3.63, 3.8) is 0 Å². The SMILES string of the molecule is I\C=C/C=C(\C=C\n1c2ccccc2c2c3oc4c(ccc5c4c4ccccc4n5-c4ccccc4)c3ccc21)c1ccccc1. The first-order chi connectivity index (χ1) is 22.8. The van der Waals surface area contributed by atoms with E-state index in [-0.39, 0.29) is 0 Å². The van der Waals surface area contributed by atoms with Gasteiger partial charge < -0.3 is 13.6 Å². The molecule has 0 amide bonds. The van der Waals surface area contributed by atoms with Gasteiger partial charge in [-0.15, -0.1) is 0 Å². The highest BCUT2D eigenvalue weighted by Crippen LogP contribution is 2.44. The average molecular weight is 703 g/mol. The van der Waals surface area contributed by atoms with Gasteiger partial charge in [0, 0.05) is 33.4 Å². The van der Waals surface area contributed by atoms with Crippen LogP contribution in [0.3, 0.4) is 0 Å². The van der Waals surface area contributed by atoms with Gasteiger partial charge in [-0.25, -0.2) is 0 Å². The molecule has 0 unspecified atom stereocenters. The lowest BCUT2D eigenvalue weighted by atomic mass is 10.1. The molecule has 0 atom stereocenters. The van der Waals surface area contributed by atoms with Crippen molar-refractivity contribution in [2.45, 2.75) is 0 Å². The third-order valence-electron chi connectivity index (χ3n) is 8.99. The largest absolute Gasteiger partial charge is 0.455 e. The fraction of sp³-hybridized carbons (Fsp3) is 0. The maximum absolute atomic E-state index is 7.03. The van der Waals surface area contributed by atoms with Crippen molar-refractivity contribution in [3.05, 3.63) is 161 Å². The minimum absolute atomic E-state index is 0.923. The summed E-state index contributed by atoms with van der Waals surface area (Å²) in [6.07, 6.45) is 8.61. The van der Waals surface area contributed by atoms with Gasteiger partial charge in [-0.2, -0.15) is 0 Å². The predicted octanol–water partition coefficient (Wildman–Crippen LogP) is 12.3. The van der Waals surface area contributed by atoms with Gasteiger partial charge in [0.2, 0.25) is 0 Å². The Morgan fingerprint density at radius 3 is 1.85 bits per heavy atom. The predicted molar refractivity (Wildman–Crippen MR) is 204 cm³/mol. The molecule has 0 saturated heterocycles. The second-order valence-electron chi connectivity index (χ2n) is 11.5. The Kier molecular flexibility index (Phi) is 6.42. The molecule has 0 bridgehead atoms. The molecule has 4 heteroatoms. The third kappa shape index (κ3) is 4.10. The van der Waals surface area contributed by atoms with Gasteiger partial charge in [-0.1, -0.05) is 120 Å². The van der Waals surface area contributed by atoms with Crippen LogP contribution < -0.4 is 0 Å². The number of hydrogen-bond acceptors (Lipinski definition) is 1. The van der Waals surface area contributed by atoms with Gasteiger partial charge in [-0.3, -0.25) is 0 Å². The van der Waals surface area contributed by atoms with E-state index in [9.17, 15) is 0 Å². The Labute approximate surface area is 279 Å². The first-order valence-corrected chi connectivity index (χ1v) is 16.6. The van der Waals surface area contributed by atoms with Crippen molar-refractivity contribution < 1.29 is 4.42 Å². The first kappa shape index (κ1) is 27.0. The molecule has 9 rings (SSSR count). The number of rotatable bonds is 5. The molecule has 0 saturated carbocycles. The minimum atomic E-state index is 0.923. The van der Waals surface area contributed by atoms with Crippen molar-refractivity contribution in [1.82, 2.24) is 9.13 Å². The summed E-state index contributed by atoms with van der Waals surface area (Å²) in [6.45, 7) is 0. The molecule has 9 aromatic rings. The van der Waals surface area contributed by atoms with Crippen LogP contribution in [0, 0.1) is 0 Å². The smallest absolute Gasteiger partial charge is 0.145 e. The topological polar surface area (TPSA) is 23.0 Å². The zero-order chi connectivity index (χ0) is 30.6. The average Bonchev–Trinajstić information content (AvgIpc) is 3.76. The number of allylic oxidation sites excluding steroid dienone is 4. The molecular formula is C42H27IN2O. The molecule has 0 aliphatic heterocycles. The molecular weight excluding hydrogens is 675 g/mol. The Balaban J connectivity index is 1.33. The van der Waals surface area contributed by atoms with Crippen molar-refractivity contribution in [2.24, 2.45) is 0 Å². The number of halogens is 1. The Hall–Kier alpha value is -5.33. The Bertz CT molecular complexity index is 2690. The summed E-state index contributed by atoms with van der Waals surface area (Å²) in [4.78, 5) is 0. The summed E-state index contributed by atoms with van der Waals surface area (Å²) >= 11 is 2.26. The van der Waals surface area contributed by atoms with E-state index < -0.39 is 0 Å². The minimum Gasteiger partial charge on any atom is -0.455 e. The van der Waals surface area contributed by atoms with Gasteiger partial charge in [-0.05, 0) is 69.8 Å². The second-order valence-corrected chi connectivity index (χ2v) is 12.2. The molecule has 0 radical (unpaired) electrons. The fourth-order valence-corrected chi connectivity index (χ4v) is 7.22. The lowest BCUT2D eigenvalue weighted by Gasteiger charge is -2.07. The maximum Gasteiger partial charge on any atom is 0.145 e. The molecule has 6 aromatic carbocycles. The zero-order valence-electron chi connectivity index (χ0n) is 24.8. The van der Waals surface area contributed by atoms with Gasteiger partial charge >= 0.3 is 0 Å². The van der Waals surface area contributed by atoms with E-state index in [0.717, 1.165) is 60.5 Å². The highest BCUT2D eigenvalue weighted by atomic mass is 127. The molecule has 46 heavy (non-hydrogen) atoms. The lowest BCUT2D eigenvalue weighted by Crippen LogP contribution is -1.92. The maximum atomic E-state index is 7.03. The van der Waals surface area contributed by atoms with E-state index in [2.05, 4.69) is 190 Å². The molecule has 0 N–H and O–H groups in total. The van der Waals surface area contributed by atoms with Crippen molar-refractivity contribution in [3.8, 4) is 5.69 Å². The van der Waals surface area contributed by atoms with Gasteiger partial charge in [0.15, 0.2) is 0 Å². The van der Waals surface area contributed by atoms with Crippen LogP contribution >= 0.6 is 22.6 Å². The molecule has 0 aliphatic rings. The Morgan fingerprint density at radius 2 is 1.13 bits per heavy atom. The summed E-state index contributed by atoms with van der Waals surface area (Å²) in [5.41, 5.74) is 9.87. The van der Waals surface area contributed by atoms with Gasteiger partial charge in [0.05, 0.1) is 32.8 Å². The second kappa shape index (κ2) is 10.9. The number of benzene rings is 6. The van der Waals surface area contributed by atoms with Crippen LogP contribution in [0.4, 0.5) is 0 Å². The molecule has 0 spiro atoms.